The van der Waals surface area contributed by atoms with Gasteiger partial charge in [-0.25, -0.2) is 13.2 Å². The van der Waals surface area contributed by atoms with Crippen LogP contribution in [-0.2, 0) is 24.3 Å². The van der Waals surface area contributed by atoms with Gasteiger partial charge in [-0.3, -0.25) is 9.59 Å². The van der Waals surface area contributed by atoms with Crippen LogP contribution in [0.15, 0.2) is 15.7 Å². The first-order valence-electron chi connectivity index (χ1n) is 9.40. The number of nitrogens with zero attached hydrogens (tertiary/aromatic N) is 3. The highest BCUT2D eigenvalue weighted by Crippen LogP contribution is 2.27. The number of thiophene rings is 1. The van der Waals surface area contributed by atoms with Gasteiger partial charge >= 0.3 is 5.97 Å². The van der Waals surface area contributed by atoms with E-state index in [1.165, 1.54) is 22.9 Å². The summed E-state index contributed by atoms with van der Waals surface area (Å²) in [5.74, 6) is -1.06. The molecule has 1 aromatic rings. The number of rotatable bonds is 5. The number of likely N-dealkylation sites (tertiary alicyclic amines) is 1. The normalized spacial score (nSPS) is 21.1. The Morgan fingerprint density at radius 2 is 1.86 bits per heavy atom. The molecule has 11 heteroatoms. The molecule has 0 radical (unpaired) electrons. The maximum Gasteiger partial charge on any atom is 0.338 e. The van der Waals surface area contributed by atoms with Crippen molar-refractivity contribution in [1.29, 1.82) is 0 Å². The molecule has 0 saturated carbocycles. The minimum atomic E-state index is -3.74. The molecule has 29 heavy (non-hydrogen) atoms. The Kier molecular flexibility index (Phi) is 6.30. The fourth-order valence-corrected chi connectivity index (χ4v) is 6.33. The highest BCUT2D eigenvalue weighted by atomic mass is 32.2. The second-order valence-corrected chi connectivity index (χ2v) is 10.5. The summed E-state index contributed by atoms with van der Waals surface area (Å²) in [6, 6.07) is 1.37. The van der Waals surface area contributed by atoms with Gasteiger partial charge in [-0.15, -0.1) is 11.3 Å². The number of methoxy groups -OCH3 is 1. The van der Waals surface area contributed by atoms with Gasteiger partial charge in [0.25, 0.3) is 10.0 Å². The molecule has 0 N–H and O–H groups in total. The van der Waals surface area contributed by atoms with Gasteiger partial charge in [0.15, 0.2) is 0 Å². The van der Waals surface area contributed by atoms with E-state index in [1.54, 1.807) is 9.80 Å². The Labute approximate surface area is 174 Å². The molecule has 0 aliphatic carbocycles. The maximum atomic E-state index is 12.8. The van der Waals surface area contributed by atoms with Crippen molar-refractivity contribution >= 4 is 39.1 Å². The molecule has 2 aliphatic rings. The van der Waals surface area contributed by atoms with E-state index in [1.807, 2.05) is 13.8 Å². The van der Waals surface area contributed by atoms with E-state index in [0.29, 0.717) is 6.54 Å². The zero-order valence-corrected chi connectivity index (χ0v) is 18.3. The molecule has 2 fully saturated rings. The van der Waals surface area contributed by atoms with Crippen molar-refractivity contribution in [1.82, 2.24) is 14.1 Å². The summed E-state index contributed by atoms with van der Waals surface area (Å²) in [5, 5.41) is 1.45. The summed E-state index contributed by atoms with van der Waals surface area (Å²) < 4.78 is 31.7. The van der Waals surface area contributed by atoms with E-state index >= 15 is 0 Å². The van der Waals surface area contributed by atoms with E-state index in [9.17, 15) is 22.8 Å². The van der Waals surface area contributed by atoms with Gasteiger partial charge in [-0.2, -0.15) is 4.31 Å². The van der Waals surface area contributed by atoms with Crippen molar-refractivity contribution in [3.8, 4) is 0 Å². The predicted octanol–water partition coefficient (Wildman–Crippen LogP) is 0.625. The summed E-state index contributed by atoms with van der Waals surface area (Å²) >= 11 is 0.970. The second kappa shape index (κ2) is 8.41. The van der Waals surface area contributed by atoms with E-state index in [4.69, 9.17) is 0 Å². The summed E-state index contributed by atoms with van der Waals surface area (Å²) in [6.07, 6.45) is 0.209. The van der Waals surface area contributed by atoms with Crippen LogP contribution in [0.3, 0.4) is 0 Å². The number of sulfonamides is 1. The summed E-state index contributed by atoms with van der Waals surface area (Å²) in [4.78, 5) is 39.8. The number of ether oxygens (including phenoxy) is 1. The topological polar surface area (TPSA) is 104 Å². The molecule has 2 amide bonds. The number of carbonyl (C=O) groups is 3. The molecule has 1 unspecified atom stereocenters. The Bertz CT molecular complexity index is 902. The summed E-state index contributed by atoms with van der Waals surface area (Å²) in [7, 11) is -2.50. The molecule has 9 nitrogen and oxygen atoms in total. The highest BCUT2D eigenvalue weighted by Gasteiger charge is 2.39. The number of hydrogen-bond acceptors (Lipinski definition) is 7. The first kappa shape index (κ1) is 21.7. The lowest BCUT2D eigenvalue weighted by molar-refractivity contribution is -0.137. The molecule has 0 bridgehead atoms. The lowest BCUT2D eigenvalue weighted by Gasteiger charge is -2.35. The first-order valence-corrected chi connectivity index (χ1v) is 11.7. The van der Waals surface area contributed by atoms with Crippen LogP contribution in [-0.4, -0.2) is 86.2 Å². The number of amides is 2. The van der Waals surface area contributed by atoms with Crippen LogP contribution in [0.1, 0.15) is 30.6 Å². The van der Waals surface area contributed by atoms with Gasteiger partial charge in [0.05, 0.1) is 18.6 Å². The lowest BCUT2D eigenvalue weighted by atomic mass is 10.1. The summed E-state index contributed by atoms with van der Waals surface area (Å²) in [6.45, 7) is 5.16. The number of esters is 1. The van der Waals surface area contributed by atoms with Gasteiger partial charge in [0, 0.05) is 50.6 Å². The number of hydrogen-bond donors (Lipinski definition) is 0. The fraction of sp³-hybridized carbons (Fsp3) is 0.611. The second-order valence-electron chi connectivity index (χ2n) is 7.42. The smallest absolute Gasteiger partial charge is 0.338 e. The van der Waals surface area contributed by atoms with Gasteiger partial charge < -0.3 is 14.5 Å². The van der Waals surface area contributed by atoms with Gasteiger partial charge in [-0.05, 0) is 19.9 Å². The third-order valence-electron chi connectivity index (χ3n) is 5.27. The van der Waals surface area contributed by atoms with E-state index in [-0.39, 0.29) is 66.1 Å². The van der Waals surface area contributed by atoms with E-state index in [0.717, 1.165) is 11.3 Å². The van der Waals surface area contributed by atoms with Crippen LogP contribution < -0.4 is 0 Å². The van der Waals surface area contributed by atoms with Crippen LogP contribution in [0.4, 0.5) is 0 Å². The molecule has 0 spiro atoms. The molecule has 2 saturated heterocycles. The van der Waals surface area contributed by atoms with Crippen molar-refractivity contribution in [3.05, 3.63) is 17.0 Å². The molecule has 1 atom stereocenters. The number of carbonyl (C=O) groups excluding carboxylic acids is 3. The molecule has 1 aromatic heterocycles. The van der Waals surface area contributed by atoms with Crippen molar-refractivity contribution in [3.63, 3.8) is 0 Å². The highest BCUT2D eigenvalue weighted by molar-refractivity contribution is 7.91. The minimum absolute atomic E-state index is 0.0151. The van der Waals surface area contributed by atoms with Crippen LogP contribution in [0, 0.1) is 5.92 Å². The standard InChI is InChI=1S/C18H25N3O6S2/c1-12(2)21-10-13(8-15(21)22)17(23)19-4-6-20(7-5-19)29(25,26)16-9-14(11-28-16)18(24)27-3/h9,11-13H,4-8,10H2,1-3H3. The van der Waals surface area contributed by atoms with Crippen molar-refractivity contribution in [2.75, 3.05) is 39.8 Å². The molecule has 160 valence electrons. The molecule has 3 rings (SSSR count). The largest absolute Gasteiger partial charge is 0.465 e. The van der Waals surface area contributed by atoms with Crippen molar-refractivity contribution in [2.24, 2.45) is 5.92 Å². The van der Waals surface area contributed by atoms with Crippen LogP contribution >= 0.6 is 11.3 Å². The fourth-order valence-electron chi connectivity index (χ4n) is 3.61. The van der Waals surface area contributed by atoms with Crippen molar-refractivity contribution < 1.29 is 27.5 Å². The SMILES string of the molecule is COC(=O)c1csc(S(=O)(=O)N2CCN(C(=O)C3CC(=O)N(C(C)C)C3)CC2)c1. The average molecular weight is 444 g/mol. The predicted molar refractivity (Wildman–Crippen MR) is 106 cm³/mol. The van der Waals surface area contributed by atoms with Gasteiger partial charge in [0.2, 0.25) is 11.8 Å². The quantitative estimate of drug-likeness (QED) is 0.618. The Morgan fingerprint density at radius 1 is 1.21 bits per heavy atom. The molecule has 0 aromatic carbocycles. The Hall–Kier alpha value is -1.98. The third kappa shape index (κ3) is 4.31. The van der Waals surface area contributed by atoms with E-state index in [2.05, 4.69) is 4.74 Å². The third-order valence-corrected chi connectivity index (χ3v) is 8.59. The zero-order chi connectivity index (χ0) is 21.3. The molecular weight excluding hydrogens is 418 g/mol. The molecular formula is C18H25N3O6S2. The molecule has 3 heterocycles. The number of piperazine rings is 1. The van der Waals surface area contributed by atoms with E-state index < -0.39 is 16.0 Å². The lowest BCUT2D eigenvalue weighted by Crippen LogP contribution is -2.52. The summed E-state index contributed by atoms with van der Waals surface area (Å²) in [5.41, 5.74) is 0.200. The van der Waals surface area contributed by atoms with Gasteiger partial charge in [0.1, 0.15) is 4.21 Å². The first-order chi connectivity index (χ1) is 13.6. The average Bonchev–Trinajstić information content (AvgIpc) is 3.34. The Morgan fingerprint density at radius 3 is 2.41 bits per heavy atom. The maximum absolute atomic E-state index is 12.8. The van der Waals surface area contributed by atoms with Crippen molar-refractivity contribution in [2.45, 2.75) is 30.5 Å². The molecule has 2 aliphatic heterocycles. The van der Waals surface area contributed by atoms with Crippen LogP contribution in [0.2, 0.25) is 0 Å². The van der Waals surface area contributed by atoms with Gasteiger partial charge in [-0.1, -0.05) is 0 Å². The van der Waals surface area contributed by atoms with Crippen LogP contribution in [0.25, 0.3) is 0 Å². The minimum Gasteiger partial charge on any atom is -0.465 e. The zero-order valence-electron chi connectivity index (χ0n) is 16.7. The Balaban J connectivity index is 1.61. The van der Waals surface area contributed by atoms with Crippen LogP contribution in [0.5, 0.6) is 0 Å². The monoisotopic (exact) mass is 443 g/mol.